The molecule has 2 aromatic carbocycles. The molecule has 1 nitrogen and oxygen atoms in total. The summed E-state index contributed by atoms with van der Waals surface area (Å²) in [4.78, 5) is 0. The van der Waals surface area contributed by atoms with Gasteiger partial charge >= 0.3 is 0 Å². The molecule has 0 aromatic heterocycles. The summed E-state index contributed by atoms with van der Waals surface area (Å²) in [6, 6.07) is 21.7. The summed E-state index contributed by atoms with van der Waals surface area (Å²) in [5.41, 5.74) is 2.75. The van der Waals surface area contributed by atoms with Gasteiger partial charge in [-0.15, -0.1) is 0 Å². The van der Waals surface area contributed by atoms with Crippen molar-refractivity contribution in [3.8, 4) is 0 Å². The molecule has 0 amide bonds. The van der Waals surface area contributed by atoms with E-state index in [-0.39, 0.29) is 5.04 Å². The van der Waals surface area contributed by atoms with E-state index in [1.54, 1.807) is 0 Å². The molecule has 164 valence electrons. The van der Waals surface area contributed by atoms with Crippen molar-refractivity contribution < 1.29 is 4.43 Å². The fourth-order valence-electron chi connectivity index (χ4n) is 4.68. The Bertz CT molecular complexity index is 848. The highest BCUT2D eigenvalue weighted by molar-refractivity contribution is 6.99. The van der Waals surface area contributed by atoms with Crippen molar-refractivity contribution in [2.75, 3.05) is 6.61 Å². The summed E-state index contributed by atoms with van der Waals surface area (Å²) in [7, 11) is -2.42. The molecule has 31 heavy (non-hydrogen) atoms. The first-order valence-electron chi connectivity index (χ1n) is 11.7. The van der Waals surface area contributed by atoms with Crippen LogP contribution in [0.3, 0.4) is 0 Å². The van der Waals surface area contributed by atoms with Crippen molar-refractivity contribution in [3.05, 3.63) is 96.6 Å². The van der Waals surface area contributed by atoms with Crippen LogP contribution in [-0.2, 0) is 4.43 Å². The maximum absolute atomic E-state index is 6.94. The van der Waals surface area contributed by atoms with Gasteiger partial charge in [0.25, 0.3) is 8.32 Å². The van der Waals surface area contributed by atoms with Crippen LogP contribution in [0.5, 0.6) is 0 Å². The molecule has 0 bridgehead atoms. The second-order valence-electron chi connectivity index (χ2n) is 9.55. The molecule has 0 fully saturated rings. The fourth-order valence-corrected chi connectivity index (χ4v) is 9.25. The Morgan fingerprint density at radius 2 is 1.55 bits per heavy atom. The van der Waals surface area contributed by atoms with Crippen LogP contribution >= 0.6 is 0 Å². The molecule has 0 atom stereocenters. The first kappa shape index (κ1) is 23.5. The van der Waals surface area contributed by atoms with Gasteiger partial charge in [0.2, 0.25) is 0 Å². The summed E-state index contributed by atoms with van der Waals surface area (Å²) in [5.74, 6) is 0. The Hall–Kier alpha value is -2.16. The molecule has 3 rings (SSSR count). The molecule has 1 aliphatic rings. The lowest BCUT2D eigenvalue weighted by Gasteiger charge is -2.43. The maximum atomic E-state index is 6.94. The predicted molar refractivity (Wildman–Crippen MR) is 138 cm³/mol. The van der Waals surface area contributed by atoms with E-state index in [1.807, 2.05) is 0 Å². The van der Waals surface area contributed by atoms with E-state index in [1.165, 1.54) is 47.2 Å². The van der Waals surface area contributed by atoms with Gasteiger partial charge in [0.15, 0.2) is 0 Å². The van der Waals surface area contributed by atoms with Crippen LogP contribution in [0.2, 0.25) is 5.04 Å². The van der Waals surface area contributed by atoms with Crippen LogP contribution in [0.1, 0.15) is 59.3 Å². The lowest BCUT2D eigenvalue weighted by molar-refractivity contribution is 0.304. The average molecular weight is 431 g/mol. The Labute approximate surface area is 190 Å². The van der Waals surface area contributed by atoms with E-state index < -0.39 is 8.32 Å². The van der Waals surface area contributed by atoms with Crippen molar-refractivity contribution >= 4 is 18.7 Å². The van der Waals surface area contributed by atoms with Crippen LogP contribution in [-0.4, -0.2) is 14.9 Å². The fraction of sp³-hybridized carbons (Fsp3) is 0.379. The van der Waals surface area contributed by atoms with E-state index >= 15 is 0 Å². The molecule has 0 saturated carbocycles. The lowest BCUT2D eigenvalue weighted by Crippen LogP contribution is -2.66. The standard InChI is InChI=1S/C29H38OSi/c1-25(26-18-10-5-11-19-26)17-9-8-16-24-30-31(29(2,3)4,27-20-12-6-13-21-27)28-22-14-7-15-23-28/h6-9,12-15,18,20-23H,1,5,10-11,16-17,19,24H2,2-4H3/b9-8+. The number of rotatable bonds is 9. The zero-order valence-corrected chi connectivity index (χ0v) is 20.6. The predicted octanol–water partition coefficient (Wildman–Crippen LogP) is 6.96. The Kier molecular flexibility index (Phi) is 8.28. The highest BCUT2D eigenvalue weighted by atomic mass is 28.4. The van der Waals surface area contributed by atoms with E-state index in [0.29, 0.717) is 0 Å². The van der Waals surface area contributed by atoms with E-state index in [4.69, 9.17) is 4.43 Å². The van der Waals surface area contributed by atoms with Gasteiger partial charge in [-0.3, -0.25) is 0 Å². The highest BCUT2D eigenvalue weighted by Crippen LogP contribution is 2.36. The molecule has 0 N–H and O–H groups in total. The number of hydrogen-bond donors (Lipinski definition) is 0. The zero-order chi connectivity index (χ0) is 22.2. The van der Waals surface area contributed by atoms with Crippen LogP contribution in [0.4, 0.5) is 0 Å². The second kappa shape index (κ2) is 10.9. The van der Waals surface area contributed by atoms with Crippen LogP contribution in [0, 0.1) is 0 Å². The third-order valence-corrected chi connectivity index (χ3v) is 11.3. The first-order chi connectivity index (χ1) is 14.9. The Morgan fingerprint density at radius 3 is 2.06 bits per heavy atom. The monoisotopic (exact) mass is 430 g/mol. The number of benzene rings is 2. The molecular formula is C29H38OSi. The van der Waals surface area contributed by atoms with E-state index in [0.717, 1.165) is 19.4 Å². The van der Waals surface area contributed by atoms with Gasteiger partial charge in [0.1, 0.15) is 0 Å². The maximum Gasteiger partial charge on any atom is 0.261 e. The molecule has 1 aliphatic carbocycles. The van der Waals surface area contributed by atoms with Gasteiger partial charge in [0, 0.05) is 6.61 Å². The van der Waals surface area contributed by atoms with Crippen LogP contribution in [0.15, 0.2) is 96.6 Å². The smallest absolute Gasteiger partial charge is 0.261 e. The summed E-state index contributed by atoms with van der Waals surface area (Å²) < 4.78 is 6.94. The van der Waals surface area contributed by atoms with Gasteiger partial charge in [-0.1, -0.05) is 106 Å². The quantitative estimate of drug-likeness (QED) is 0.237. The zero-order valence-electron chi connectivity index (χ0n) is 19.6. The minimum atomic E-state index is -2.42. The number of hydrogen-bond acceptors (Lipinski definition) is 1. The van der Waals surface area contributed by atoms with Crippen molar-refractivity contribution in [1.82, 2.24) is 0 Å². The van der Waals surface area contributed by atoms with Gasteiger partial charge < -0.3 is 4.43 Å². The van der Waals surface area contributed by atoms with Crippen molar-refractivity contribution in [3.63, 3.8) is 0 Å². The molecule has 0 unspecified atom stereocenters. The molecule has 0 heterocycles. The van der Waals surface area contributed by atoms with Crippen molar-refractivity contribution in [2.45, 2.75) is 64.3 Å². The molecule has 0 saturated heterocycles. The van der Waals surface area contributed by atoms with Gasteiger partial charge in [-0.2, -0.15) is 0 Å². The molecule has 0 spiro atoms. The molecular weight excluding hydrogens is 392 g/mol. The minimum absolute atomic E-state index is 0.0289. The molecule has 0 radical (unpaired) electrons. The Morgan fingerprint density at radius 1 is 0.935 bits per heavy atom. The Balaban J connectivity index is 1.71. The average Bonchev–Trinajstić information content (AvgIpc) is 2.79. The third kappa shape index (κ3) is 5.75. The largest absolute Gasteiger partial charge is 0.407 e. The van der Waals surface area contributed by atoms with Crippen LogP contribution < -0.4 is 10.4 Å². The first-order valence-corrected chi connectivity index (χ1v) is 13.6. The van der Waals surface area contributed by atoms with Crippen molar-refractivity contribution in [1.29, 1.82) is 0 Å². The van der Waals surface area contributed by atoms with Gasteiger partial charge in [-0.25, -0.2) is 0 Å². The summed E-state index contributed by atoms with van der Waals surface area (Å²) >= 11 is 0. The second-order valence-corrected chi connectivity index (χ2v) is 13.9. The highest BCUT2D eigenvalue weighted by Gasteiger charge is 2.49. The molecule has 0 aliphatic heterocycles. The van der Waals surface area contributed by atoms with Gasteiger partial charge in [0.05, 0.1) is 0 Å². The summed E-state index contributed by atoms with van der Waals surface area (Å²) in [6.45, 7) is 12.0. The normalized spacial score (nSPS) is 15.1. The lowest BCUT2D eigenvalue weighted by atomic mass is 9.93. The summed E-state index contributed by atoms with van der Waals surface area (Å²) in [5, 5.41) is 2.71. The number of allylic oxidation sites excluding steroid dienone is 4. The van der Waals surface area contributed by atoms with Crippen LogP contribution in [0.25, 0.3) is 0 Å². The summed E-state index contributed by atoms with van der Waals surface area (Å²) in [6.07, 6.45) is 13.8. The minimum Gasteiger partial charge on any atom is -0.407 e. The van der Waals surface area contributed by atoms with E-state index in [9.17, 15) is 0 Å². The molecule has 2 heteroatoms. The van der Waals surface area contributed by atoms with Crippen molar-refractivity contribution in [2.24, 2.45) is 0 Å². The topological polar surface area (TPSA) is 9.23 Å². The van der Waals surface area contributed by atoms with Gasteiger partial charge in [-0.05, 0) is 65.1 Å². The molecule has 2 aromatic rings. The SMILES string of the molecule is C=C(C/C=C/CCO[Si](c1ccccc1)(c1ccccc1)C(C)(C)C)C1=CCCCC1. The third-order valence-electron chi connectivity index (χ3n) is 6.30. The van der Waals surface area contributed by atoms with E-state index in [2.05, 4.69) is 106 Å².